The summed E-state index contributed by atoms with van der Waals surface area (Å²) in [5.74, 6) is -0.0759. The van der Waals surface area contributed by atoms with Gasteiger partial charge in [-0.1, -0.05) is 35.9 Å². The molecule has 7 nitrogen and oxygen atoms in total. The molecule has 162 valence electrons. The molecule has 1 aromatic carbocycles. The van der Waals surface area contributed by atoms with Crippen molar-refractivity contribution < 1.29 is 18.8 Å². The van der Waals surface area contributed by atoms with Gasteiger partial charge in [0.1, 0.15) is 17.8 Å². The van der Waals surface area contributed by atoms with E-state index in [1.165, 1.54) is 0 Å². The molecule has 0 radical (unpaired) electrons. The smallest absolute Gasteiger partial charge is 0.325 e. The molecule has 1 aromatic heterocycles. The zero-order valence-corrected chi connectivity index (χ0v) is 17.9. The van der Waals surface area contributed by atoms with Gasteiger partial charge in [-0.05, 0) is 57.2 Å². The lowest BCUT2D eigenvalue weighted by Gasteiger charge is -2.28. The zero-order valence-electron chi connectivity index (χ0n) is 17.9. The second kappa shape index (κ2) is 8.41. The number of hydrogen-bond acceptors (Lipinski definition) is 4. The number of carbonyl (C=O) groups excluding carboxylic acids is 3. The quantitative estimate of drug-likeness (QED) is 0.719. The molecule has 1 fully saturated rings. The van der Waals surface area contributed by atoms with Gasteiger partial charge in [0.05, 0.1) is 12.8 Å². The van der Waals surface area contributed by atoms with Gasteiger partial charge in [0.2, 0.25) is 5.91 Å². The Kier molecular flexibility index (Phi) is 5.67. The van der Waals surface area contributed by atoms with Gasteiger partial charge in [0.25, 0.3) is 5.91 Å². The van der Waals surface area contributed by atoms with Crippen LogP contribution >= 0.6 is 0 Å². The number of rotatable bonds is 6. The van der Waals surface area contributed by atoms with Crippen LogP contribution in [0.2, 0.25) is 0 Å². The van der Waals surface area contributed by atoms with Crippen molar-refractivity contribution in [3.05, 3.63) is 71.3 Å². The summed E-state index contributed by atoms with van der Waals surface area (Å²) in [5, 5.41) is 2.77. The number of imide groups is 1. The first-order chi connectivity index (χ1) is 14.9. The van der Waals surface area contributed by atoms with Crippen molar-refractivity contribution in [2.75, 3.05) is 6.54 Å². The molecular weight excluding hydrogens is 394 g/mol. The first kappa shape index (κ1) is 20.9. The standard InChI is InChI=1S/C24H27N3O4/c1-17-10-12-18(13-11-17)24(2)22(29)27(23(30)25-24)16-21(28)26(15-20-9-6-14-31-20)19-7-4-3-5-8-19/h6-7,9-14H,3-5,8,15-16H2,1-2H3,(H,25,30)/t24-/m0/s1. The number of carbonyl (C=O) groups is 3. The second-order valence-electron chi connectivity index (χ2n) is 8.31. The minimum Gasteiger partial charge on any atom is -0.467 e. The van der Waals surface area contributed by atoms with E-state index in [1.54, 1.807) is 24.2 Å². The van der Waals surface area contributed by atoms with Crippen LogP contribution in [0, 0.1) is 6.92 Å². The predicted octanol–water partition coefficient (Wildman–Crippen LogP) is 3.84. The van der Waals surface area contributed by atoms with Crippen molar-refractivity contribution in [1.82, 2.24) is 15.1 Å². The molecule has 1 saturated heterocycles. The number of nitrogens with one attached hydrogen (secondary N) is 1. The Bertz CT molecular complexity index is 1010. The monoisotopic (exact) mass is 421 g/mol. The van der Waals surface area contributed by atoms with Crippen molar-refractivity contribution in [3.63, 3.8) is 0 Å². The van der Waals surface area contributed by atoms with Crippen LogP contribution in [0.5, 0.6) is 0 Å². The number of aryl methyl sites for hydroxylation is 1. The Balaban J connectivity index is 1.55. The number of furan rings is 1. The highest BCUT2D eigenvalue weighted by molar-refractivity contribution is 6.09. The van der Waals surface area contributed by atoms with Gasteiger partial charge in [-0.15, -0.1) is 0 Å². The van der Waals surface area contributed by atoms with E-state index in [-0.39, 0.29) is 19.0 Å². The highest BCUT2D eigenvalue weighted by Crippen LogP contribution is 2.30. The topological polar surface area (TPSA) is 82.9 Å². The molecule has 0 bridgehead atoms. The van der Waals surface area contributed by atoms with Crippen LogP contribution in [0.1, 0.15) is 49.5 Å². The third-order valence-corrected chi connectivity index (χ3v) is 6.01. The van der Waals surface area contributed by atoms with Crippen LogP contribution in [0.15, 0.2) is 58.9 Å². The molecule has 4 amide bonds. The molecule has 2 aliphatic rings. The van der Waals surface area contributed by atoms with Gasteiger partial charge < -0.3 is 14.6 Å². The van der Waals surface area contributed by atoms with E-state index in [1.807, 2.05) is 37.3 Å². The highest BCUT2D eigenvalue weighted by Gasteiger charge is 2.49. The van der Waals surface area contributed by atoms with Crippen LogP contribution in [0.4, 0.5) is 4.79 Å². The summed E-state index contributed by atoms with van der Waals surface area (Å²) >= 11 is 0. The fraction of sp³-hybridized carbons (Fsp3) is 0.375. The number of urea groups is 1. The molecule has 7 heteroatoms. The van der Waals surface area contributed by atoms with Gasteiger partial charge in [0, 0.05) is 5.70 Å². The molecule has 4 rings (SSSR count). The average molecular weight is 421 g/mol. The highest BCUT2D eigenvalue weighted by atomic mass is 16.3. The lowest BCUT2D eigenvalue weighted by molar-refractivity contribution is -0.138. The van der Waals surface area contributed by atoms with Crippen molar-refractivity contribution in [3.8, 4) is 0 Å². The summed E-state index contributed by atoms with van der Waals surface area (Å²) in [7, 11) is 0. The van der Waals surface area contributed by atoms with E-state index in [2.05, 4.69) is 11.4 Å². The van der Waals surface area contributed by atoms with Crippen LogP contribution in [0.3, 0.4) is 0 Å². The summed E-state index contributed by atoms with van der Waals surface area (Å²) in [6, 6.07) is 10.5. The molecule has 1 aliphatic heterocycles. The van der Waals surface area contributed by atoms with Crippen LogP contribution < -0.4 is 5.32 Å². The first-order valence-electron chi connectivity index (χ1n) is 10.6. The minimum absolute atomic E-state index is 0.274. The maximum atomic E-state index is 13.3. The summed E-state index contributed by atoms with van der Waals surface area (Å²) < 4.78 is 5.44. The van der Waals surface area contributed by atoms with Crippen LogP contribution in [-0.4, -0.2) is 34.2 Å². The van der Waals surface area contributed by atoms with E-state index < -0.39 is 17.5 Å². The molecule has 31 heavy (non-hydrogen) atoms. The third-order valence-electron chi connectivity index (χ3n) is 6.01. The van der Waals surface area contributed by atoms with Gasteiger partial charge in [0.15, 0.2) is 0 Å². The molecular formula is C24H27N3O4. The third kappa shape index (κ3) is 4.13. The first-order valence-corrected chi connectivity index (χ1v) is 10.6. The molecule has 0 unspecified atom stereocenters. The van der Waals surface area contributed by atoms with E-state index in [9.17, 15) is 14.4 Å². The Morgan fingerprint density at radius 3 is 2.61 bits per heavy atom. The number of hydrogen-bond donors (Lipinski definition) is 1. The fourth-order valence-corrected chi connectivity index (χ4v) is 4.12. The molecule has 2 heterocycles. The summed E-state index contributed by atoms with van der Waals surface area (Å²) in [6.07, 6.45) is 7.42. The Morgan fingerprint density at radius 2 is 1.97 bits per heavy atom. The molecule has 0 spiro atoms. The van der Waals surface area contributed by atoms with Crippen LogP contribution in [-0.2, 0) is 21.7 Å². The maximum Gasteiger partial charge on any atom is 0.325 e. The van der Waals surface area contributed by atoms with Gasteiger partial charge in [-0.25, -0.2) is 4.79 Å². The number of allylic oxidation sites excluding steroid dienone is 2. The van der Waals surface area contributed by atoms with Gasteiger partial charge in [-0.2, -0.15) is 0 Å². The van der Waals surface area contributed by atoms with Gasteiger partial charge in [-0.3, -0.25) is 14.5 Å². The van der Waals surface area contributed by atoms with Crippen molar-refractivity contribution in [2.45, 2.75) is 51.6 Å². The van der Waals surface area contributed by atoms with E-state index >= 15 is 0 Å². The average Bonchev–Trinajstić information content (AvgIpc) is 3.36. The Morgan fingerprint density at radius 1 is 1.19 bits per heavy atom. The normalized spacial score (nSPS) is 21.1. The van der Waals surface area contributed by atoms with Gasteiger partial charge >= 0.3 is 6.03 Å². The zero-order chi connectivity index (χ0) is 22.0. The van der Waals surface area contributed by atoms with Crippen LogP contribution in [0.25, 0.3) is 0 Å². The minimum atomic E-state index is -1.19. The van der Waals surface area contributed by atoms with Crippen molar-refractivity contribution in [2.24, 2.45) is 0 Å². The van der Waals surface area contributed by atoms with E-state index in [0.29, 0.717) is 11.3 Å². The number of amides is 4. The lowest BCUT2D eigenvalue weighted by atomic mass is 9.91. The van der Waals surface area contributed by atoms with E-state index in [4.69, 9.17) is 4.42 Å². The number of nitrogens with zero attached hydrogens (tertiary/aromatic N) is 2. The molecule has 1 atom stereocenters. The molecule has 2 aromatic rings. The van der Waals surface area contributed by atoms with E-state index in [0.717, 1.165) is 41.8 Å². The summed E-state index contributed by atoms with van der Waals surface area (Å²) in [5.41, 5.74) is 1.47. The molecule has 1 aliphatic carbocycles. The SMILES string of the molecule is Cc1ccc([C@]2(C)NC(=O)N(CC(=O)N(Cc3ccco3)C3=CCCCC3)C2=O)cc1. The summed E-state index contributed by atoms with van der Waals surface area (Å²) in [6.45, 7) is 3.59. The Hall–Kier alpha value is -3.35. The fourth-order valence-electron chi connectivity index (χ4n) is 4.12. The lowest BCUT2D eigenvalue weighted by Crippen LogP contribution is -2.44. The summed E-state index contributed by atoms with van der Waals surface area (Å²) in [4.78, 5) is 41.8. The molecule has 0 saturated carbocycles. The molecule has 1 N–H and O–H groups in total. The van der Waals surface area contributed by atoms with Crippen molar-refractivity contribution >= 4 is 17.8 Å². The second-order valence-corrected chi connectivity index (χ2v) is 8.31. The predicted molar refractivity (Wildman–Crippen MR) is 115 cm³/mol. The number of benzene rings is 1. The van der Waals surface area contributed by atoms with Crippen molar-refractivity contribution in [1.29, 1.82) is 0 Å². The maximum absolute atomic E-state index is 13.3. The Labute approximate surface area is 181 Å². The largest absolute Gasteiger partial charge is 0.467 e.